The van der Waals surface area contributed by atoms with Crippen LogP contribution in [0, 0.1) is 0 Å². The number of carbonyl (C=O) groups is 1. The topological polar surface area (TPSA) is 46.1 Å². The van der Waals surface area contributed by atoms with E-state index in [2.05, 4.69) is 10.2 Å². The molecule has 4 nitrogen and oxygen atoms in total. The maximum atomic E-state index is 12.3. The third kappa shape index (κ3) is 4.20. The average molecular weight is 365 g/mol. The van der Waals surface area contributed by atoms with Crippen molar-refractivity contribution in [3.63, 3.8) is 0 Å². The van der Waals surface area contributed by atoms with Crippen LogP contribution < -0.4 is 0 Å². The number of carbonyl (C=O) groups excluding carboxylic acids is 1. The number of hydrogen-bond acceptors (Lipinski definition) is 3. The summed E-state index contributed by atoms with van der Waals surface area (Å²) in [5, 5.41) is 8.29. The lowest BCUT2D eigenvalue weighted by atomic mass is 10.2. The van der Waals surface area contributed by atoms with E-state index in [1.807, 2.05) is 0 Å². The van der Waals surface area contributed by atoms with E-state index in [4.69, 9.17) is 46.4 Å². The second kappa shape index (κ2) is 6.79. The second-order valence-corrected chi connectivity index (χ2v) is 5.93. The van der Waals surface area contributed by atoms with Gasteiger partial charge in [0, 0.05) is 23.6 Å². The first-order valence-electron chi connectivity index (χ1n) is 5.76. The van der Waals surface area contributed by atoms with Gasteiger partial charge in [-0.05, 0) is 29.8 Å². The van der Waals surface area contributed by atoms with Crippen molar-refractivity contribution in [2.45, 2.75) is 6.54 Å². The van der Waals surface area contributed by atoms with Crippen LogP contribution in [0.3, 0.4) is 0 Å². The smallest absolute Gasteiger partial charge is 0.257 e. The van der Waals surface area contributed by atoms with Crippen LogP contribution in [0.15, 0.2) is 24.3 Å². The molecule has 110 valence electrons. The molecule has 2 rings (SSSR count). The molecular formula is C13H9Cl4N3O. The number of hydrogen-bond donors (Lipinski definition) is 0. The summed E-state index contributed by atoms with van der Waals surface area (Å²) in [6.07, 6.45) is 0. The minimum Gasteiger partial charge on any atom is -0.337 e. The van der Waals surface area contributed by atoms with Gasteiger partial charge in [-0.25, -0.2) is 0 Å². The van der Waals surface area contributed by atoms with Crippen molar-refractivity contribution in [1.29, 1.82) is 0 Å². The Morgan fingerprint density at radius 1 is 1.05 bits per heavy atom. The van der Waals surface area contributed by atoms with Gasteiger partial charge in [-0.2, -0.15) is 0 Å². The van der Waals surface area contributed by atoms with Crippen molar-refractivity contribution in [2.24, 2.45) is 0 Å². The molecule has 0 spiro atoms. The van der Waals surface area contributed by atoms with Gasteiger partial charge >= 0.3 is 0 Å². The second-order valence-electron chi connectivity index (χ2n) is 4.31. The highest BCUT2D eigenvalue weighted by Gasteiger charge is 2.18. The van der Waals surface area contributed by atoms with E-state index in [1.54, 1.807) is 25.2 Å². The highest BCUT2D eigenvalue weighted by atomic mass is 35.5. The fraction of sp³-hybridized carbons (Fsp3) is 0.154. The molecule has 0 saturated heterocycles. The first-order chi connectivity index (χ1) is 9.86. The summed E-state index contributed by atoms with van der Waals surface area (Å²) in [6.45, 7) is 0.315. The molecule has 0 aliphatic rings. The van der Waals surface area contributed by atoms with Crippen LogP contribution >= 0.6 is 46.4 Å². The van der Waals surface area contributed by atoms with Crippen molar-refractivity contribution in [3.05, 3.63) is 55.7 Å². The molecule has 2 aromatic rings. The SMILES string of the molecule is CN(Cc1cc(Cl)cc(Cl)c1)C(=O)c1cc(Cl)nnc1Cl. The van der Waals surface area contributed by atoms with Gasteiger partial charge in [-0.15, -0.1) is 10.2 Å². The number of benzene rings is 1. The highest BCUT2D eigenvalue weighted by molar-refractivity contribution is 6.35. The molecule has 1 amide bonds. The molecule has 21 heavy (non-hydrogen) atoms. The molecule has 0 radical (unpaired) electrons. The summed E-state index contributed by atoms with van der Waals surface area (Å²) in [4.78, 5) is 13.8. The summed E-state index contributed by atoms with van der Waals surface area (Å²) in [5.41, 5.74) is 0.986. The Hall–Kier alpha value is -1.07. The normalized spacial score (nSPS) is 10.5. The molecule has 0 saturated carbocycles. The van der Waals surface area contributed by atoms with Crippen LogP contribution in [0.25, 0.3) is 0 Å². The van der Waals surface area contributed by atoms with Crippen LogP contribution in [-0.4, -0.2) is 28.1 Å². The first-order valence-corrected chi connectivity index (χ1v) is 7.27. The van der Waals surface area contributed by atoms with Gasteiger partial charge in [-0.1, -0.05) is 46.4 Å². The average Bonchev–Trinajstić information content (AvgIpc) is 2.39. The summed E-state index contributed by atoms with van der Waals surface area (Å²) < 4.78 is 0. The molecule has 0 bridgehead atoms. The molecule has 0 fully saturated rings. The van der Waals surface area contributed by atoms with Gasteiger partial charge < -0.3 is 4.90 Å². The summed E-state index contributed by atoms with van der Waals surface area (Å²) in [7, 11) is 1.63. The zero-order chi connectivity index (χ0) is 15.6. The summed E-state index contributed by atoms with van der Waals surface area (Å²) >= 11 is 23.5. The Labute approximate surface area is 141 Å². The largest absolute Gasteiger partial charge is 0.337 e. The minimum atomic E-state index is -0.326. The quantitative estimate of drug-likeness (QED) is 0.812. The van der Waals surface area contributed by atoms with Crippen LogP contribution in [-0.2, 0) is 6.54 Å². The zero-order valence-corrected chi connectivity index (χ0v) is 13.8. The summed E-state index contributed by atoms with van der Waals surface area (Å²) in [6, 6.07) is 6.46. The van der Waals surface area contributed by atoms with E-state index in [9.17, 15) is 4.79 Å². The highest BCUT2D eigenvalue weighted by Crippen LogP contribution is 2.22. The molecule has 0 atom stereocenters. The maximum Gasteiger partial charge on any atom is 0.257 e. The molecule has 0 N–H and O–H groups in total. The fourth-order valence-corrected chi connectivity index (χ4v) is 2.65. The Morgan fingerprint density at radius 3 is 2.29 bits per heavy atom. The van der Waals surface area contributed by atoms with E-state index >= 15 is 0 Å². The van der Waals surface area contributed by atoms with E-state index in [0.717, 1.165) is 5.56 Å². The third-order valence-corrected chi connectivity index (χ3v) is 3.54. The van der Waals surface area contributed by atoms with Crippen LogP contribution in [0.1, 0.15) is 15.9 Å². The molecule has 0 aliphatic carbocycles. The van der Waals surface area contributed by atoms with Gasteiger partial charge in [0.05, 0.1) is 5.56 Å². The first kappa shape index (κ1) is 16.3. The van der Waals surface area contributed by atoms with Crippen LogP contribution in [0.4, 0.5) is 0 Å². The van der Waals surface area contributed by atoms with Crippen LogP contribution in [0.5, 0.6) is 0 Å². The number of aromatic nitrogens is 2. The Kier molecular flexibility index (Phi) is 5.27. The van der Waals surface area contributed by atoms with Crippen molar-refractivity contribution in [1.82, 2.24) is 15.1 Å². The maximum absolute atomic E-state index is 12.3. The molecule has 0 unspecified atom stereocenters. The van der Waals surface area contributed by atoms with Gasteiger partial charge in [0.2, 0.25) is 0 Å². The van der Waals surface area contributed by atoms with Crippen molar-refractivity contribution in [3.8, 4) is 0 Å². The van der Waals surface area contributed by atoms with E-state index in [0.29, 0.717) is 16.6 Å². The number of nitrogens with zero attached hydrogens (tertiary/aromatic N) is 3. The van der Waals surface area contributed by atoms with Crippen molar-refractivity contribution in [2.75, 3.05) is 7.05 Å². The zero-order valence-electron chi connectivity index (χ0n) is 10.8. The molecule has 1 aromatic carbocycles. The standard InChI is InChI=1S/C13H9Cl4N3O/c1-20(6-7-2-8(14)4-9(15)3-7)13(21)10-5-11(16)18-19-12(10)17/h2-5H,6H2,1H3. The molecule has 1 heterocycles. The number of amides is 1. The molecular weight excluding hydrogens is 356 g/mol. The lowest BCUT2D eigenvalue weighted by Gasteiger charge is -2.18. The Bertz CT molecular complexity index is 673. The van der Waals surface area contributed by atoms with Gasteiger partial charge in [0.1, 0.15) is 0 Å². The molecule has 8 heteroatoms. The van der Waals surface area contributed by atoms with E-state index in [1.165, 1.54) is 11.0 Å². The third-order valence-electron chi connectivity index (χ3n) is 2.64. The Balaban J connectivity index is 2.21. The lowest BCUT2D eigenvalue weighted by Crippen LogP contribution is -2.26. The monoisotopic (exact) mass is 363 g/mol. The van der Waals surface area contributed by atoms with E-state index < -0.39 is 0 Å². The van der Waals surface area contributed by atoms with Gasteiger partial charge in [0.25, 0.3) is 5.91 Å². The minimum absolute atomic E-state index is 0.000349. The van der Waals surface area contributed by atoms with Crippen LogP contribution in [0.2, 0.25) is 20.4 Å². The van der Waals surface area contributed by atoms with Crippen molar-refractivity contribution < 1.29 is 4.79 Å². The number of halogens is 4. The van der Waals surface area contributed by atoms with Gasteiger partial charge in [0.15, 0.2) is 10.3 Å². The van der Waals surface area contributed by atoms with E-state index in [-0.39, 0.29) is 21.8 Å². The predicted octanol–water partition coefficient (Wildman–Crippen LogP) is 4.36. The predicted molar refractivity (Wildman–Crippen MR) is 84.3 cm³/mol. The number of rotatable bonds is 3. The Morgan fingerprint density at radius 2 is 1.67 bits per heavy atom. The molecule has 0 aliphatic heterocycles. The lowest BCUT2D eigenvalue weighted by molar-refractivity contribution is 0.0784. The van der Waals surface area contributed by atoms with Crippen molar-refractivity contribution >= 4 is 52.3 Å². The fourth-order valence-electron chi connectivity index (χ4n) is 1.76. The summed E-state index contributed by atoms with van der Waals surface area (Å²) in [5.74, 6) is -0.326. The molecule has 1 aromatic heterocycles. The van der Waals surface area contributed by atoms with Gasteiger partial charge in [-0.3, -0.25) is 4.79 Å².